The lowest BCUT2D eigenvalue weighted by molar-refractivity contribution is -0.113. The lowest BCUT2D eigenvalue weighted by atomic mass is 10.1. The van der Waals surface area contributed by atoms with Gasteiger partial charge in [-0.2, -0.15) is 17.0 Å². The van der Waals surface area contributed by atoms with Crippen LogP contribution in [0.5, 0.6) is 0 Å². The Kier molecular flexibility index (Phi) is 6.97. The van der Waals surface area contributed by atoms with Crippen LogP contribution in [-0.2, 0) is 11.2 Å². The highest BCUT2D eigenvalue weighted by Crippen LogP contribution is 2.11. The second kappa shape index (κ2) is 8.60. The van der Waals surface area contributed by atoms with Crippen LogP contribution in [0.25, 0.3) is 0 Å². The SMILES string of the molecule is CCc1ccc(NC(=O)CSCCCC#N)cc1. The topological polar surface area (TPSA) is 52.9 Å². The summed E-state index contributed by atoms with van der Waals surface area (Å²) in [4.78, 5) is 11.6. The molecule has 1 aromatic rings. The van der Waals surface area contributed by atoms with E-state index in [1.165, 1.54) is 5.56 Å². The van der Waals surface area contributed by atoms with Crippen molar-refractivity contribution >= 4 is 23.4 Å². The van der Waals surface area contributed by atoms with Gasteiger partial charge in [-0.05, 0) is 36.3 Å². The molecule has 0 saturated heterocycles. The molecule has 0 unspecified atom stereocenters. The summed E-state index contributed by atoms with van der Waals surface area (Å²) in [6.45, 7) is 2.10. The van der Waals surface area contributed by atoms with Crippen molar-refractivity contribution in [3.63, 3.8) is 0 Å². The van der Waals surface area contributed by atoms with Crippen LogP contribution in [0, 0.1) is 11.3 Å². The molecule has 0 radical (unpaired) electrons. The maximum atomic E-state index is 11.6. The zero-order valence-electron chi connectivity index (χ0n) is 10.6. The molecule has 3 nitrogen and oxygen atoms in total. The van der Waals surface area contributed by atoms with E-state index < -0.39 is 0 Å². The Morgan fingerprint density at radius 3 is 2.72 bits per heavy atom. The minimum atomic E-state index is 0.0150. The first kappa shape index (κ1) is 14.6. The van der Waals surface area contributed by atoms with Crippen molar-refractivity contribution in [1.82, 2.24) is 0 Å². The number of anilines is 1. The Labute approximate surface area is 113 Å². The number of nitrogens with one attached hydrogen (secondary N) is 1. The number of carbonyl (C=O) groups is 1. The number of amides is 1. The molecule has 0 saturated carbocycles. The molecule has 0 aliphatic heterocycles. The van der Waals surface area contributed by atoms with Gasteiger partial charge in [0.25, 0.3) is 0 Å². The van der Waals surface area contributed by atoms with Gasteiger partial charge < -0.3 is 5.32 Å². The predicted molar refractivity (Wildman–Crippen MR) is 76.6 cm³/mol. The average molecular weight is 262 g/mol. The standard InChI is InChI=1S/C14H18N2OS/c1-2-12-5-7-13(8-6-12)16-14(17)11-18-10-4-3-9-15/h5-8H,2-4,10-11H2,1H3,(H,16,17). The Bertz CT molecular complexity index is 409. The number of unbranched alkanes of at least 4 members (excludes halogenated alkanes) is 1. The largest absolute Gasteiger partial charge is 0.325 e. The molecule has 1 amide bonds. The van der Waals surface area contributed by atoms with Crippen LogP contribution in [0.1, 0.15) is 25.3 Å². The quantitative estimate of drug-likeness (QED) is 0.768. The number of thioether (sulfide) groups is 1. The lowest BCUT2D eigenvalue weighted by Crippen LogP contribution is -2.14. The Morgan fingerprint density at radius 2 is 2.11 bits per heavy atom. The highest BCUT2D eigenvalue weighted by atomic mass is 32.2. The van der Waals surface area contributed by atoms with Crippen molar-refractivity contribution < 1.29 is 4.79 Å². The molecule has 0 aliphatic carbocycles. The van der Waals surface area contributed by atoms with Crippen LogP contribution >= 0.6 is 11.8 Å². The molecule has 1 aromatic carbocycles. The molecule has 0 aromatic heterocycles. The van der Waals surface area contributed by atoms with Crippen LogP contribution in [0.3, 0.4) is 0 Å². The summed E-state index contributed by atoms with van der Waals surface area (Å²) < 4.78 is 0. The number of carbonyl (C=O) groups excluding carboxylic acids is 1. The first-order valence-electron chi connectivity index (χ1n) is 6.09. The van der Waals surface area contributed by atoms with E-state index in [4.69, 9.17) is 5.26 Å². The first-order chi connectivity index (χ1) is 8.76. The smallest absolute Gasteiger partial charge is 0.234 e. The summed E-state index contributed by atoms with van der Waals surface area (Å²) in [5, 5.41) is 11.2. The van der Waals surface area contributed by atoms with E-state index in [1.54, 1.807) is 11.8 Å². The molecule has 18 heavy (non-hydrogen) atoms. The molecule has 0 heterocycles. The Morgan fingerprint density at radius 1 is 1.39 bits per heavy atom. The van der Waals surface area contributed by atoms with E-state index >= 15 is 0 Å². The van der Waals surface area contributed by atoms with E-state index in [0.717, 1.165) is 24.3 Å². The number of benzene rings is 1. The molecule has 0 aliphatic rings. The van der Waals surface area contributed by atoms with Gasteiger partial charge in [0.05, 0.1) is 11.8 Å². The molecule has 1 N–H and O–H groups in total. The van der Waals surface area contributed by atoms with Gasteiger partial charge in [0.2, 0.25) is 5.91 Å². The van der Waals surface area contributed by atoms with Crippen LogP contribution < -0.4 is 5.32 Å². The van der Waals surface area contributed by atoms with Crippen LogP contribution in [-0.4, -0.2) is 17.4 Å². The lowest BCUT2D eigenvalue weighted by Gasteiger charge is -2.05. The monoisotopic (exact) mass is 262 g/mol. The summed E-state index contributed by atoms with van der Waals surface area (Å²) in [6, 6.07) is 9.99. The van der Waals surface area contributed by atoms with Crippen molar-refractivity contribution in [2.24, 2.45) is 0 Å². The van der Waals surface area contributed by atoms with Gasteiger partial charge in [-0.15, -0.1) is 0 Å². The van der Waals surface area contributed by atoms with E-state index in [9.17, 15) is 4.79 Å². The molecule has 1 rings (SSSR count). The van der Waals surface area contributed by atoms with Crippen LogP contribution in [0.4, 0.5) is 5.69 Å². The summed E-state index contributed by atoms with van der Waals surface area (Å²) in [5.74, 6) is 1.32. The fourth-order valence-corrected chi connectivity index (χ4v) is 2.19. The van der Waals surface area contributed by atoms with Crippen LogP contribution in [0.15, 0.2) is 24.3 Å². The first-order valence-corrected chi connectivity index (χ1v) is 7.25. The van der Waals surface area contributed by atoms with Crippen molar-refractivity contribution in [2.75, 3.05) is 16.8 Å². The molecular formula is C14H18N2OS. The Balaban J connectivity index is 2.25. The zero-order valence-corrected chi connectivity index (χ0v) is 11.4. The molecule has 0 bridgehead atoms. The second-order valence-electron chi connectivity index (χ2n) is 3.91. The van der Waals surface area contributed by atoms with E-state index in [2.05, 4.69) is 18.3 Å². The second-order valence-corrected chi connectivity index (χ2v) is 5.02. The number of hydrogen-bond acceptors (Lipinski definition) is 3. The van der Waals surface area contributed by atoms with Gasteiger partial charge in [-0.1, -0.05) is 19.1 Å². The Hall–Kier alpha value is -1.47. The van der Waals surface area contributed by atoms with E-state index in [0.29, 0.717) is 12.2 Å². The third-order valence-electron chi connectivity index (χ3n) is 2.46. The third kappa shape index (κ3) is 5.74. The number of hydrogen-bond donors (Lipinski definition) is 1. The minimum Gasteiger partial charge on any atom is -0.325 e. The highest BCUT2D eigenvalue weighted by molar-refractivity contribution is 7.99. The highest BCUT2D eigenvalue weighted by Gasteiger charge is 2.02. The molecule has 0 fully saturated rings. The minimum absolute atomic E-state index is 0.0150. The van der Waals surface area contributed by atoms with Gasteiger partial charge in [0.15, 0.2) is 0 Å². The van der Waals surface area contributed by atoms with Crippen molar-refractivity contribution in [1.29, 1.82) is 5.26 Å². The summed E-state index contributed by atoms with van der Waals surface area (Å²) in [5.41, 5.74) is 2.11. The zero-order chi connectivity index (χ0) is 13.2. The summed E-state index contributed by atoms with van der Waals surface area (Å²) >= 11 is 1.57. The van der Waals surface area contributed by atoms with E-state index in [-0.39, 0.29) is 5.91 Å². The third-order valence-corrected chi connectivity index (χ3v) is 3.50. The number of aryl methyl sites for hydroxylation is 1. The predicted octanol–water partition coefficient (Wildman–Crippen LogP) is 3.22. The number of nitriles is 1. The maximum absolute atomic E-state index is 11.6. The van der Waals surface area contributed by atoms with Crippen molar-refractivity contribution in [3.05, 3.63) is 29.8 Å². The molecule has 96 valence electrons. The number of rotatable bonds is 7. The molecular weight excluding hydrogens is 244 g/mol. The van der Waals surface area contributed by atoms with Gasteiger partial charge in [0, 0.05) is 12.1 Å². The van der Waals surface area contributed by atoms with Gasteiger partial charge in [-0.3, -0.25) is 4.79 Å². The summed E-state index contributed by atoms with van der Waals surface area (Å²) in [7, 11) is 0. The molecule has 0 atom stereocenters. The fraction of sp³-hybridized carbons (Fsp3) is 0.429. The van der Waals surface area contributed by atoms with Gasteiger partial charge in [0.1, 0.15) is 0 Å². The van der Waals surface area contributed by atoms with Crippen LogP contribution in [0.2, 0.25) is 0 Å². The normalized spacial score (nSPS) is 9.78. The summed E-state index contributed by atoms with van der Waals surface area (Å²) in [6.07, 6.45) is 2.41. The maximum Gasteiger partial charge on any atom is 0.234 e. The van der Waals surface area contributed by atoms with Crippen molar-refractivity contribution in [3.8, 4) is 6.07 Å². The average Bonchev–Trinajstić information content (AvgIpc) is 2.39. The molecule has 0 spiro atoms. The van der Waals surface area contributed by atoms with Crippen molar-refractivity contribution in [2.45, 2.75) is 26.2 Å². The fourth-order valence-electron chi connectivity index (χ4n) is 1.44. The van der Waals surface area contributed by atoms with Gasteiger partial charge >= 0.3 is 0 Å². The molecule has 4 heteroatoms. The van der Waals surface area contributed by atoms with Gasteiger partial charge in [-0.25, -0.2) is 0 Å². The number of nitrogens with zero attached hydrogens (tertiary/aromatic N) is 1. The van der Waals surface area contributed by atoms with E-state index in [1.807, 2.05) is 24.3 Å².